The van der Waals surface area contributed by atoms with E-state index in [1.54, 1.807) is 41.6 Å². The molecule has 2 rings (SSSR count). The minimum absolute atomic E-state index is 0.173. The largest absolute Gasteiger partial charge is 0.334 e. The Morgan fingerprint density at radius 2 is 1.96 bits per heavy atom. The summed E-state index contributed by atoms with van der Waals surface area (Å²) < 4.78 is 0. The van der Waals surface area contributed by atoms with Gasteiger partial charge in [-0.05, 0) is 41.5 Å². The topological polar surface area (TPSA) is 57.0 Å². The van der Waals surface area contributed by atoms with Gasteiger partial charge in [0.1, 0.15) is 0 Å². The first kappa shape index (κ1) is 18.0. The standard InChI is InChI=1S/C18H15Cl2N3O/c19-16-4-2-14(12-17(16)20)3-5-18(24)23(11-1-8-21)13-15-6-9-22-10-7-15/h2-7,9-10,12H,1,11,13H2/b5-3+. The maximum Gasteiger partial charge on any atom is 0.246 e. The van der Waals surface area contributed by atoms with Crippen molar-refractivity contribution >= 4 is 35.2 Å². The fourth-order valence-electron chi connectivity index (χ4n) is 2.05. The number of hydrogen-bond acceptors (Lipinski definition) is 3. The molecule has 0 saturated carbocycles. The molecule has 0 aliphatic rings. The van der Waals surface area contributed by atoms with Crippen molar-refractivity contribution in [2.75, 3.05) is 6.54 Å². The van der Waals surface area contributed by atoms with E-state index in [1.807, 2.05) is 12.1 Å². The van der Waals surface area contributed by atoms with E-state index < -0.39 is 0 Å². The molecule has 0 spiro atoms. The summed E-state index contributed by atoms with van der Waals surface area (Å²) in [6.45, 7) is 0.790. The molecule has 0 N–H and O–H groups in total. The average Bonchev–Trinajstić information content (AvgIpc) is 2.60. The van der Waals surface area contributed by atoms with Crippen LogP contribution in [0.1, 0.15) is 17.5 Å². The highest BCUT2D eigenvalue weighted by molar-refractivity contribution is 6.42. The van der Waals surface area contributed by atoms with Gasteiger partial charge in [-0.15, -0.1) is 0 Å². The first-order valence-corrected chi connectivity index (χ1v) is 8.03. The number of amides is 1. The lowest BCUT2D eigenvalue weighted by atomic mass is 10.2. The number of pyridine rings is 1. The van der Waals surface area contributed by atoms with Gasteiger partial charge in [-0.25, -0.2) is 0 Å². The first-order valence-electron chi connectivity index (χ1n) is 7.28. The van der Waals surface area contributed by atoms with Crippen LogP contribution in [0.3, 0.4) is 0 Å². The van der Waals surface area contributed by atoms with Gasteiger partial charge in [0.05, 0.1) is 22.5 Å². The summed E-state index contributed by atoms with van der Waals surface area (Å²) in [5, 5.41) is 9.69. The lowest BCUT2D eigenvalue weighted by Crippen LogP contribution is -2.29. The molecule has 2 aromatic rings. The second-order valence-corrected chi connectivity index (χ2v) is 5.84. The van der Waals surface area contributed by atoms with Crippen LogP contribution in [0.4, 0.5) is 0 Å². The van der Waals surface area contributed by atoms with Crippen molar-refractivity contribution in [3.05, 3.63) is 70.0 Å². The van der Waals surface area contributed by atoms with Crippen molar-refractivity contribution in [1.29, 1.82) is 5.26 Å². The van der Waals surface area contributed by atoms with E-state index in [2.05, 4.69) is 11.1 Å². The summed E-state index contributed by atoms with van der Waals surface area (Å²) >= 11 is 11.8. The number of aromatic nitrogens is 1. The summed E-state index contributed by atoms with van der Waals surface area (Å²) in [6.07, 6.45) is 6.77. The number of carbonyl (C=O) groups excluding carboxylic acids is 1. The summed E-state index contributed by atoms with van der Waals surface area (Å²) in [6, 6.07) is 10.9. The fraction of sp³-hybridized carbons (Fsp3) is 0.167. The molecule has 1 aromatic carbocycles. The molecule has 1 heterocycles. The van der Waals surface area contributed by atoms with Gasteiger partial charge in [-0.2, -0.15) is 5.26 Å². The highest BCUT2D eigenvalue weighted by Gasteiger charge is 2.11. The Hall–Kier alpha value is -2.35. The summed E-state index contributed by atoms with van der Waals surface area (Å²) in [5.41, 5.74) is 1.74. The molecule has 0 unspecified atom stereocenters. The van der Waals surface area contributed by atoms with Crippen LogP contribution in [0.2, 0.25) is 10.0 Å². The van der Waals surface area contributed by atoms with E-state index in [0.717, 1.165) is 11.1 Å². The van der Waals surface area contributed by atoms with Crippen molar-refractivity contribution < 1.29 is 4.79 Å². The van der Waals surface area contributed by atoms with Gasteiger partial charge in [0.2, 0.25) is 5.91 Å². The van der Waals surface area contributed by atoms with Crippen LogP contribution in [0, 0.1) is 11.3 Å². The van der Waals surface area contributed by atoms with Crippen LogP contribution < -0.4 is 0 Å². The van der Waals surface area contributed by atoms with E-state index in [1.165, 1.54) is 6.08 Å². The summed E-state index contributed by atoms with van der Waals surface area (Å²) in [5.74, 6) is -0.173. The zero-order valence-corrected chi connectivity index (χ0v) is 14.3. The van der Waals surface area contributed by atoms with E-state index >= 15 is 0 Å². The van der Waals surface area contributed by atoms with Crippen LogP contribution in [-0.2, 0) is 11.3 Å². The van der Waals surface area contributed by atoms with E-state index in [4.69, 9.17) is 28.5 Å². The van der Waals surface area contributed by atoms with E-state index in [-0.39, 0.29) is 12.3 Å². The van der Waals surface area contributed by atoms with Crippen LogP contribution in [-0.4, -0.2) is 22.3 Å². The van der Waals surface area contributed by atoms with Crippen molar-refractivity contribution in [1.82, 2.24) is 9.88 Å². The Balaban J connectivity index is 2.10. The third kappa shape index (κ3) is 5.38. The van der Waals surface area contributed by atoms with E-state index in [9.17, 15) is 4.79 Å². The van der Waals surface area contributed by atoms with E-state index in [0.29, 0.717) is 23.1 Å². The molecule has 0 radical (unpaired) electrons. The third-order valence-electron chi connectivity index (χ3n) is 3.29. The molecule has 0 fully saturated rings. The quantitative estimate of drug-likeness (QED) is 0.720. The monoisotopic (exact) mass is 359 g/mol. The molecule has 0 bridgehead atoms. The fourth-order valence-corrected chi connectivity index (χ4v) is 2.36. The molecule has 0 atom stereocenters. The molecule has 24 heavy (non-hydrogen) atoms. The van der Waals surface area contributed by atoms with Crippen molar-refractivity contribution in [2.45, 2.75) is 13.0 Å². The lowest BCUT2D eigenvalue weighted by molar-refractivity contribution is -0.126. The number of rotatable bonds is 6. The van der Waals surface area contributed by atoms with Crippen molar-refractivity contribution in [3.8, 4) is 6.07 Å². The van der Waals surface area contributed by atoms with Gasteiger partial charge >= 0.3 is 0 Å². The SMILES string of the molecule is N#CCCN(Cc1ccncc1)C(=O)/C=C/c1ccc(Cl)c(Cl)c1. The molecule has 0 saturated heterocycles. The minimum Gasteiger partial charge on any atom is -0.334 e. The van der Waals surface area contributed by atoms with Crippen LogP contribution in [0.5, 0.6) is 0 Å². The van der Waals surface area contributed by atoms with Gasteiger partial charge in [-0.1, -0.05) is 29.3 Å². The van der Waals surface area contributed by atoms with Gasteiger partial charge in [0.25, 0.3) is 0 Å². The van der Waals surface area contributed by atoms with Crippen LogP contribution >= 0.6 is 23.2 Å². The number of nitriles is 1. The average molecular weight is 360 g/mol. The Morgan fingerprint density at radius 3 is 2.62 bits per heavy atom. The normalized spacial score (nSPS) is 10.5. The summed E-state index contributed by atoms with van der Waals surface area (Å²) in [7, 11) is 0. The van der Waals surface area contributed by atoms with Gasteiger partial charge in [0.15, 0.2) is 0 Å². The molecule has 6 heteroatoms. The maximum absolute atomic E-state index is 12.4. The zero-order chi connectivity index (χ0) is 17.4. The van der Waals surface area contributed by atoms with Crippen LogP contribution in [0.25, 0.3) is 6.08 Å². The lowest BCUT2D eigenvalue weighted by Gasteiger charge is -2.20. The highest BCUT2D eigenvalue weighted by Crippen LogP contribution is 2.23. The number of carbonyl (C=O) groups is 1. The first-order chi connectivity index (χ1) is 11.6. The van der Waals surface area contributed by atoms with Crippen molar-refractivity contribution in [3.63, 3.8) is 0 Å². The van der Waals surface area contributed by atoms with Crippen LogP contribution in [0.15, 0.2) is 48.8 Å². The maximum atomic E-state index is 12.4. The predicted molar refractivity (Wildman–Crippen MR) is 95.4 cm³/mol. The second-order valence-electron chi connectivity index (χ2n) is 5.03. The molecule has 0 aliphatic carbocycles. The Bertz CT molecular complexity index is 770. The van der Waals surface area contributed by atoms with Gasteiger partial charge < -0.3 is 4.90 Å². The van der Waals surface area contributed by atoms with Gasteiger partial charge in [0, 0.05) is 31.6 Å². The number of halogens is 2. The number of hydrogen-bond donors (Lipinski definition) is 0. The number of benzene rings is 1. The molecule has 1 aromatic heterocycles. The predicted octanol–water partition coefficient (Wildman–Crippen LogP) is 4.34. The summed E-state index contributed by atoms with van der Waals surface area (Å²) in [4.78, 5) is 18.0. The molecular formula is C18H15Cl2N3O. The molecular weight excluding hydrogens is 345 g/mol. The van der Waals surface area contributed by atoms with Gasteiger partial charge in [-0.3, -0.25) is 9.78 Å². The smallest absolute Gasteiger partial charge is 0.246 e. The number of nitrogens with zero attached hydrogens (tertiary/aromatic N) is 3. The third-order valence-corrected chi connectivity index (χ3v) is 4.03. The Morgan fingerprint density at radius 1 is 1.21 bits per heavy atom. The molecule has 4 nitrogen and oxygen atoms in total. The second kappa shape index (κ2) is 9.07. The highest BCUT2D eigenvalue weighted by atomic mass is 35.5. The Labute approximate surface area is 150 Å². The minimum atomic E-state index is -0.173. The molecule has 0 aliphatic heterocycles. The molecule has 122 valence electrons. The Kier molecular flexibility index (Phi) is 6.80. The van der Waals surface area contributed by atoms with Crippen molar-refractivity contribution in [2.24, 2.45) is 0 Å². The molecule has 1 amide bonds. The zero-order valence-electron chi connectivity index (χ0n) is 12.8.